The van der Waals surface area contributed by atoms with Crippen LogP contribution in [0.15, 0.2) is 77.2 Å². The second-order valence-corrected chi connectivity index (χ2v) is 8.33. The number of nitrogens with zero attached hydrogens (tertiary/aromatic N) is 1. The number of alkyl halides is 3. The van der Waals surface area contributed by atoms with E-state index in [4.69, 9.17) is 4.42 Å². The third-order valence-corrected chi connectivity index (χ3v) is 5.99. The van der Waals surface area contributed by atoms with Crippen molar-refractivity contribution in [2.45, 2.75) is 31.5 Å². The molecule has 5 nitrogen and oxygen atoms in total. The summed E-state index contributed by atoms with van der Waals surface area (Å²) < 4.78 is 45.0. The molecule has 0 spiro atoms. The minimum absolute atomic E-state index is 0.166. The normalized spacial score (nSPS) is 13.5. The molecule has 0 aliphatic rings. The van der Waals surface area contributed by atoms with Crippen LogP contribution in [0, 0.1) is 6.92 Å². The van der Waals surface area contributed by atoms with Crippen LogP contribution in [0.25, 0.3) is 11.1 Å². The van der Waals surface area contributed by atoms with Crippen molar-refractivity contribution in [1.82, 2.24) is 15.6 Å². The fourth-order valence-electron chi connectivity index (χ4n) is 4.23. The van der Waals surface area contributed by atoms with Crippen molar-refractivity contribution >= 4 is 17.0 Å². The highest BCUT2D eigenvalue weighted by Gasteiger charge is 2.30. The Hall–Kier alpha value is -3.65. The van der Waals surface area contributed by atoms with E-state index in [9.17, 15) is 18.0 Å². The highest BCUT2D eigenvalue weighted by molar-refractivity contribution is 5.82. The van der Waals surface area contributed by atoms with Gasteiger partial charge < -0.3 is 15.1 Å². The summed E-state index contributed by atoms with van der Waals surface area (Å²) in [7, 11) is 1.58. The van der Waals surface area contributed by atoms with Gasteiger partial charge in [-0.25, -0.2) is 4.98 Å². The Balaban J connectivity index is 1.61. The average molecular weight is 482 g/mol. The largest absolute Gasteiger partial charge is 0.441 e. The highest BCUT2D eigenvalue weighted by atomic mass is 19.4. The Labute approximate surface area is 201 Å². The second kappa shape index (κ2) is 10.3. The SMILES string of the molecule is CNC(=O)[C@H](NCC[C@@H](c1ccc(C(F)(F)F)cc1)c1ccc2nc(C)oc2c1)c1ccccc1. The Morgan fingerprint density at radius 1 is 0.971 bits per heavy atom. The summed E-state index contributed by atoms with van der Waals surface area (Å²) in [5, 5.41) is 5.99. The summed E-state index contributed by atoms with van der Waals surface area (Å²) in [5.41, 5.74) is 3.12. The lowest BCUT2D eigenvalue weighted by molar-refractivity contribution is -0.137. The van der Waals surface area contributed by atoms with Crippen molar-refractivity contribution < 1.29 is 22.4 Å². The third-order valence-electron chi connectivity index (χ3n) is 5.99. The first-order valence-corrected chi connectivity index (χ1v) is 11.3. The fourth-order valence-corrected chi connectivity index (χ4v) is 4.23. The Bertz CT molecular complexity index is 1280. The lowest BCUT2D eigenvalue weighted by atomic mass is 9.87. The van der Waals surface area contributed by atoms with Crippen LogP contribution < -0.4 is 10.6 Å². The maximum atomic E-state index is 13.1. The molecule has 2 atom stereocenters. The van der Waals surface area contributed by atoms with Crippen molar-refractivity contribution in [1.29, 1.82) is 0 Å². The van der Waals surface area contributed by atoms with E-state index in [1.807, 2.05) is 48.5 Å². The van der Waals surface area contributed by atoms with Crippen molar-refractivity contribution in [3.05, 3.63) is 101 Å². The number of hydrogen-bond acceptors (Lipinski definition) is 4. The van der Waals surface area contributed by atoms with E-state index in [2.05, 4.69) is 15.6 Å². The van der Waals surface area contributed by atoms with Gasteiger partial charge in [-0.2, -0.15) is 13.2 Å². The van der Waals surface area contributed by atoms with Crippen molar-refractivity contribution in [2.75, 3.05) is 13.6 Å². The number of hydrogen-bond donors (Lipinski definition) is 2. The third kappa shape index (κ3) is 5.71. The predicted octanol–water partition coefficient (Wildman–Crippen LogP) is 5.75. The second-order valence-electron chi connectivity index (χ2n) is 8.33. The van der Waals surface area contributed by atoms with E-state index in [0.717, 1.165) is 34.3 Å². The molecule has 0 unspecified atom stereocenters. The number of aryl methyl sites for hydroxylation is 1. The van der Waals surface area contributed by atoms with Gasteiger partial charge >= 0.3 is 6.18 Å². The van der Waals surface area contributed by atoms with E-state index in [0.29, 0.717) is 24.4 Å². The summed E-state index contributed by atoms with van der Waals surface area (Å²) >= 11 is 0. The van der Waals surface area contributed by atoms with Gasteiger partial charge in [0.05, 0.1) is 5.56 Å². The molecule has 0 radical (unpaired) electrons. The number of rotatable bonds is 8. The molecule has 2 N–H and O–H groups in total. The molecule has 1 amide bonds. The van der Waals surface area contributed by atoms with Gasteiger partial charge in [0.2, 0.25) is 5.91 Å². The number of amides is 1. The predicted molar refractivity (Wildman–Crippen MR) is 128 cm³/mol. The van der Waals surface area contributed by atoms with Crippen LogP contribution in [0.1, 0.15) is 46.5 Å². The van der Waals surface area contributed by atoms with Crippen LogP contribution in [0.5, 0.6) is 0 Å². The van der Waals surface area contributed by atoms with E-state index >= 15 is 0 Å². The zero-order valence-corrected chi connectivity index (χ0v) is 19.4. The minimum Gasteiger partial charge on any atom is -0.441 e. The van der Waals surface area contributed by atoms with Crippen molar-refractivity contribution in [3.63, 3.8) is 0 Å². The molecule has 8 heteroatoms. The van der Waals surface area contributed by atoms with Crippen LogP contribution >= 0.6 is 0 Å². The fraction of sp³-hybridized carbons (Fsp3) is 0.259. The van der Waals surface area contributed by atoms with Gasteiger partial charge in [-0.3, -0.25) is 4.79 Å². The maximum absolute atomic E-state index is 13.1. The molecule has 0 bridgehead atoms. The Kier molecular flexibility index (Phi) is 7.21. The van der Waals surface area contributed by atoms with Gasteiger partial charge in [0.1, 0.15) is 11.6 Å². The first kappa shape index (κ1) is 24.5. The molecule has 1 heterocycles. The van der Waals surface area contributed by atoms with Gasteiger partial charge in [-0.1, -0.05) is 48.5 Å². The molecule has 0 fully saturated rings. The zero-order valence-electron chi connectivity index (χ0n) is 19.4. The summed E-state index contributed by atoms with van der Waals surface area (Å²) in [6.45, 7) is 2.21. The smallest absolute Gasteiger partial charge is 0.416 e. The van der Waals surface area contributed by atoms with Crippen molar-refractivity contribution in [2.24, 2.45) is 0 Å². The average Bonchev–Trinajstić information content (AvgIpc) is 3.23. The summed E-state index contributed by atoms with van der Waals surface area (Å²) in [6, 6.07) is 19.7. The van der Waals surface area contributed by atoms with E-state index in [1.165, 1.54) is 12.1 Å². The van der Waals surface area contributed by atoms with Crippen LogP contribution in [-0.4, -0.2) is 24.5 Å². The molecule has 4 aromatic rings. The molecule has 35 heavy (non-hydrogen) atoms. The first-order valence-electron chi connectivity index (χ1n) is 11.3. The van der Waals surface area contributed by atoms with Gasteiger partial charge in [-0.15, -0.1) is 0 Å². The van der Waals surface area contributed by atoms with Crippen LogP contribution in [0.4, 0.5) is 13.2 Å². The molecule has 0 aliphatic carbocycles. The van der Waals surface area contributed by atoms with Gasteiger partial charge in [0, 0.05) is 19.9 Å². The minimum atomic E-state index is -4.40. The zero-order chi connectivity index (χ0) is 25.0. The topological polar surface area (TPSA) is 67.2 Å². The van der Waals surface area contributed by atoms with E-state index < -0.39 is 17.8 Å². The number of aromatic nitrogens is 1. The van der Waals surface area contributed by atoms with Crippen LogP contribution in [-0.2, 0) is 11.0 Å². The van der Waals surface area contributed by atoms with Gasteiger partial charge in [0.25, 0.3) is 0 Å². The number of carbonyl (C=O) groups excluding carboxylic acids is 1. The molecular formula is C27H26F3N3O2. The molecule has 0 aliphatic heterocycles. The molecule has 0 saturated carbocycles. The number of halogens is 3. The van der Waals surface area contributed by atoms with Crippen LogP contribution in [0.3, 0.4) is 0 Å². The summed E-state index contributed by atoms with van der Waals surface area (Å²) in [6.07, 6.45) is -3.85. The highest BCUT2D eigenvalue weighted by Crippen LogP contribution is 2.34. The molecule has 0 saturated heterocycles. The molecule has 3 aromatic carbocycles. The quantitative estimate of drug-likeness (QED) is 0.336. The number of carbonyl (C=O) groups is 1. The van der Waals surface area contributed by atoms with Gasteiger partial charge in [-0.05, 0) is 53.9 Å². The number of likely N-dealkylation sites (N-methyl/N-ethyl adjacent to an activating group) is 1. The number of oxazole rings is 1. The standard InChI is InChI=1S/C27H26F3N3O2/c1-17-33-23-13-10-20(16-24(23)35-17)22(18-8-11-21(12-9-18)27(28,29)30)14-15-32-25(26(34)31-2)19-6-4-3-5-7-19/h3-13,16,22,25,32H,14-15H2,1-2H3,(H,31,34)/t22-,25+/m0/s1. The number of fused-ring (bicyclic) bond motifs is 1. The number of benzene rings is 3. The molecule has 1 aromatic heterocycles. The lowest BCUT2D eigenvalue weighted by Crippen LogP contribution is -2.36. The van der Waals surface area contributed by atoms with Gasteiger partial charge in [0.15, 0.2) is 11.5 Å². The molecular weight excluding hydrogens is 455 g/mol. The number of nitrogens with one attached hydrogen (secondary N) is 2. The van der Waals surface area contributed by atoms with E-state index in [-0.39, 0.29) is 11.8 Å². The monoisotopic (exact) mass is 481 g/mol. The van der Waals surface area contributed by atoms with Crippen LogP contribution in [0.2, 0.25) is 0 Å². The maximum Gasteiger partial charge on any atom is 0.416 e. The summed E-state index contributed by atoms with van der Waals surface area (Å²) in [5.74, 6) is 0.155. The molecule has 4 rings (SSSR count). The summed E-state index contributed by atoms with van der Waals surface area (Å²) in [4.78, 5) is 16.8. The Morgan fingerprint density at radius 2 is 1.66 bits per heavy atom. The molecule has 182 valence electrons. The lowest BCUT2D eigenvalue weighted by Gasteiger charge is -2.22. The van der Waals surface area contributed by atoms with E-state index in [1.54, 1.807) is 14.0 Å². The Morgan fingerprint density at radius 3 is 2.31 bits per heavy atom. The van der Waals surface area contributed by atoms with Crippen molar-refractivity contribution in [3.8, 4) is 0 Å². The first-order chi connectivity index (χ1) is 16.8.